The van der Waals surface area contributed by atoms with Crippen LogP contribution in [0.4, 0.5) is 0 Å². The van der Waals surface area contributed by atoms with Gasteiger partial charge in [-0.15, -0.1) is 0 Å². The number of nitrogens with one attached hydrogen (secondary N) is 1. The lowest BCUT2D eigenvalue weighted by Gasteiger charge is -2.23. The molecule has 1 fully saturated rings. The van der Waals surface area contributed by atoms with Gasteiger partial charge in [0.05, 0.1) is 0 Å². The molecular formula is C8H16N2S. The predicted molar refractivity (Wildman–Crippen MR) is 51.7 cm³/mol. The molecule has 1 aliphatic rings. The van der Waals surface area contributed by atoms with E-state index in [-0.39, 0.29) is 0 Å². The highest BCUT2D eigenvalue weighted by Gasteiger charge is 2.29. The molecule has 1 rings (SSSR count). The summed E-state index contributed by atoms with van der Waals surface area (Å²) in [4.78, 5) is 2.28. The standard InChI is InChI=1S/C8H16N2S/c1-3-9-8(11)10(4-2)7-5-6-7/h7H,3-6H2,1-2H3,(H,9,11). The van der Waals surface area contributed by atoms with E-state index in [1.54, 1.807) is 0 Å². The number of nitrogens with zero attached hydrogens (tertiary/aromatic N) is 1. The van der Waals surface area contributed by atoms with Crippen LogP contribution in [-0.2, 0) is 0 Å². The fourth-order valence-electron chi connectivity index (χ4n) is 1.21. The van der Waals surface area contributed by atoms with Gasteiger partial charge in [0.25, 0.3) is 0 Å². The highest BCUT2D eigenvalue weighted by molar-refractivity contribution is 7.80. The quantitative estimate of drug-likeness (QED) is 0.647. The Bertz CT molecular complexity index is 143. The maximum Gasteiger partial charge on any atom is 0.169 e. The summed E-state index contributed by atoms with van der Waals surface area (Å²) in [6.45, 7) is 6.20. The van der Waals surface area contributed by atoms with Crippen molar-refractivity contribution < 1.29 is 0 Å². The van der Waals surface area contributed by atoms with Gasteiger partial charge in [-0.3, -0.25) is 0 Å². The minimum absolute atomic E-state index is 0.742. The fraction of sp³-hybridized carbons (Fsp3) is 0.875. The Morgan fingerprint density at radius 2 is 2.18 bits per heavy atom. The van der Waals surface area contributed by atoms with Crippen LogP contribution in [0.3, 0.4) is 0 Å². The van der Waals surface area contributed by atoms with Crippen molar-refractivity contribution in [1.82, 2.24) is 10.2 Å². The predicted octanol–water partition coefficient (Wildman–Crippen LogP) is 1.37. The van der Waals surface area contributed by atoms with E-state index >= 15 is 0 Å². The normalized spacial score (nSPS) is 16.2. The first-order valence-corrected chi connectivity index (χ1v) is 4.74. The molecular weight excluding hydrogens is 156 g/mol. The van der Waals surface area contributed by atoms with Crippen molar-refractivity contribution in [3.63, 3.8) is 0 Å². The lowest BCUT2D eigenvalue weighted by atomic mass is 10.5. The number of thiocarbonyl (C=S) groups is 1. The van der Waals surface area contributed by atoms with Gasteiger partial charge in [-0.2, -0.15) is 0 Å². The van der Waals surface area contributed by atoms with Crippen LogP contribution in [0.1, 0.15) is 26.7 Å². The molecule has 0 aliphatic heterocycles. The molecule has 0 aromatic carbocycles. The summed E-state index contributed by atoms with van der Waals surface area (Å²) in [6, 6.07) is 0.742. The molecule has 1 N–H and O–H groups in total. The zero-order chi connectivity index (χ0) is 8.27. The van der Waals surface area contributed by atoms with E-state index in [2.05, 4.69) is 24.1 Å². The molecule has 0 bridgehead atoms. The third kappa shape index (κ3) is 2.33. The average Bonchev–Trinajstić information content (AvgIpc) is 2.73. The smallest absolute Gasteiger partial charge is 0.169 e. The van der Waals surface area contributed by atoms with Crippen LogP contribution in [-0.4, -0.2) is 29.1 Å². The van der Waals surface area contributed by atoms with Gasteiger partial charge >= 0.3 is 0 Å². The maximum atomic E-state index is 5.20. The van der Waals surface area contributed by atoms with Crippen molar-refractivity contribution in [2.24, 2.45) is 0 Å². The largest absolute Gasteiger partial charge is 0.363 e. The number of hydrogen-bond donors (Lipinski definition) is 1. The molecule has 0 amide bonds. The van der Waals surface area contributed by atoms with E-state index in [1.165, 1.54) is 12.8 Å². The van der Waals surface area contributed by atoms with Crippen molar-refractivity contribution in [3.8, 4) is 0 Å². The molecule has 0 saturated heterocycles. The van der Waals surface area contributed by atoms with Crippen LogP contribution in [0, 0.1) is 0 Å². The Balaban J connectivity index is 2.33. The number of rotatable bonds is 3. The van der Waals surface area contributed by atoms with Crippen LogP contribution in [0.15, 0.2) is 0 Å². The van der Waals surface area contributed by atoms with Gasteiger partial charge in [0, 0.05) is 19.1 Å². The Morgan fingerprint density at radius 3 is 2.55 bits per heavy atom. The Morgan fingerprint density at radius 1 is 1.55 bits per heavy atom. The van der Waals surface area contributed by atoms with Crippen molar-refractivity contribution in [2.45, 2.75) is 32.7 Å². The minimum Gasteiger partial charge on any atom is -0.363 e. The lowest BCUT2D eigenvalue weighted by molar-refractivity contribution is 0.425. The SMILES string of the molecule is CCNC(=S)N(CC)C1CC1. The molecule has 0 aromatic heterocycles. The van der Waals surface area contributed by atoms with E-state index in [1.807, 2.05) is 0 Å². The molecule has 0 aromatic rings. The van der Waals surface area contributed by atoms with Crippen LogP contribution in [0.2, 0.25) is 0 Å². The van der Waals surface area contributed by atoms with Gasteiger partial charge in [0.1, 0.15) is 0 Å². The van der Waals surface area contributed by atoms with Gasteiger partial charge in [0.15, 0.2) is 5.11 Å². The molecule has 1 aliphatic carbocycles. The zero-order valence-corrected chi connectivity index (χ0v) is 8.08. The van der Waals surface area contributed by atoms with Crippen LogP contribution in [0.25, 0.3) is 0 Å². The summed E-state index contributed by atoms with van der Waals surface area (Å²) >= 11 is 5.20. The molecule has 11 heavy (non-hydrogen) atoms. The summed E-state index contributed by atoms with van der Waals surface area (Å²) in [5.41, 5.74) is 0. The summed E-state index contributed by atoms with van der Waals surface area (Å²) < 4.78 is 0. The third-order valence-electron chi connectivity index (χ3n) is 1.92. The summed E-state index contributed by atoms with van der Waals surface area (Å²) in [5.74, 6) is 0. The first-order valence-electron chi connectivity index (χ1n) is 4.34. The van der Waals surface area contributed by atoms with Gasteiger partial charge in [-0.05, 0) is 38.9 Å². The van der Waals surface area contributed by atoms with E-state index in [0.29, 0.717) is 0 Å². The molecule has 0 atom stereocenters. The lowest BCUT2D eigenvalue weighted by Crippen LogP contribution is -2.40. The van der Waals surface area contributed by atoms with Crippen molar-refractivity contribution in [3.05, 3.63) is 0 Å². The summed E-state index contributed by atoms with van der Waals surface area (Å²) in [5, 5.41) is 4.10. The topological polar surface area (TPSA) is 15.3 Å². The van der Waals surface area contributed by atoms with Gasteiger partial charge < -0.3 is 10.2 Å². The maximum absolute atomic E-state index is 5.20. The first kappa shape index (κ1) is 8.78. The van der Waals surface area contributed by atoms with E-state index in [0.717, 1.165) is 24.2 Å². The molecule has 1 saturated carbocycles. The Hall–Kier alpha value is -0.310. The second kappa shape index (κ2) is 3.90. The van der Waals surface area contributed by atoms with Gasteiger partial charge in [0.2, 0.25) is 0 Å². The van der Waals surface area contributed by atoms with E-state index in [4.69, 9.17) is 12.2 Å². The van der Waals surface area contributed by atoms with Gasteiger partial charge in [-0.1, -0.05) is 0 Å². The van der Waals surface area contributed by atoms with Crippen LogP contribution >= 0.6 is 12.2 Å². The molecule has 0 radical (unpaired) electrons. The number of hydrogen-bond acceptors (Lipinski definition) is 1. The highest BCUT2D eigenvalue weighted by Crippen LogP contribution is 2.26. The minimum atomic E-state index is 0.742. The summed E-state index contributed by atoms with van der Waals surface area (Å²) in [6.07, 6.45) is 2.64. The second-order valence-electron chi connectivity index (χ2n) is 2.85. The van der Waals surface area contributed by atoms with Crippen molar-refractivity contribution in [2.75, 3.05) is 13.1 Å². The Kier molecular flexibility index (Phi) is 3.12. The molecule has 64 valence electrons. The molecule has 0 spiro atoms. The molecule has 0 unspecified atom stereocenters. The summed E-state index contributed by atoms with van der Waals surface area (Å²) in [7, 11) is 0. The third-order valence-corrected chi connectivity index (χ3v) is 2.30. The second-order valence-corrected chi connectivity index (χ2v) is 3.24. The zero-order valence-electron chi connectivity index (χ0n) is 7.26. The van der Waals surface area contributed by atoms with Crippen molar-refractivity contribution >= 4 is 17.3 Å². The van der Waals surface area contributed by atoms with Crippen LogP contribution in [0.5, 0.6) is 0 Å². The first-order chi connectivity index (χ1) is 5.29. The molecule has 2 nitrogen and oxygen atoms in total. The monoisotopic (exact) mass is 172 g/mol. The van der Waals surface area contributed by atoms with E-state index < -0.39 is 0 Å². The Labute approximate surface area is 74.0 Å². The van der Waals surface area contributed by atoms with Crippen LogP contribution < -0.4 is 5.32 Å². The van der Waals surface area contributed by atoms with Gasteiger partial charge in [-0.25, -0.2) is 0 Å². The highest BCUT2D eigenvalue weighted by atomic mass is 32.1. The average molecular weight is 172 g/mol. The molecule has 3 heteroatoms. The fourth-order valence-corrected chi connectivity index (χ4v) is 1.63. The molecule has 0 heterocycles. The van der Waals surface area contributed by atoms with E-state index in [9.17, 15) is 0 Å². The van der Waals surface area contributed by atoms with Crippen molar-refractivity contribution in [1.29, 1.82) is 0 Å².